The first kappa shape index (κ1) is 21.4. The van der Waals surface area contributed by atoms with Crippen molar-refractivity contribution < 1.29 is 19.3 Å². The van der Waals surface area contributed by atoms with Crippen LogP contribution in [0.4, 0.5) is 5.69 Å². The molecule has 1 fully saturated rings. The third-order valence-corrected chi connectivity index (χ3v) is 5.94. The van der Waals surface area contributed by atoms with Crippen LogP contribution in [0.3, 0.4) is 0 Å². The number of nitrogens with one attached hydrogen (secondary N) is 1. The molecular weight excluding hydrogens is 412 g/mol. The Hall–Kier alpha value is -3.85. The summed E-state index contributed by atoms with van der Waals surface area (Å²) in [5.74, 6) is -0.944. The number of hydrazine groups is 1. The molecule has 164 valence electrons. The van der Waals surface area contributed by atoms with Gasteiger partial charge in [0.05, 0.1) is 16.5 Å². The summed E-state index contributed by atoms with van der Waals surface area (Å²) in [5.41, 5.74) is 0.511. The predicted octanol–water partition coefficient (Wildman–Crippen LogP) is 2.76. The number of nitro groups is 1. The van der Waals surface area contributed by atoms with E-state index in [0.29, 0.717) is 16.7 Å². The van der Waals surface area contributed by atoms with E-state index in [1.807, 2.05) is 13.8 Å². The zero-order valence-corrected chi connectivity index (χ0v) is 17.8. The third-order valence-electron chi connectivity index (χ3n) is 5.94. The first-order valence-electron chi connectivity index (χ1n) is 10.1. The molecule has 9 nitrogen and oxygen atoms in total. The summed E-state index contributed by atoms with van der Waals surface area (Å²) < 4.78 is 0. The molecule has 4 rings (SSSR count). The lowest BCUT2D eigenvalue weighted by Crippen LogP contribution is -2.54. The highest BCUT2D eigenvalue weighted by molar-refractivity contribution is 6.01. The van der Waals surface area contributed by atoms with Gasteiger partial charge in [-0.3, -0.25) is 24.5 Å². The lowest BCUT2D eigenvalue weighted by molar-refractivity contribution is -0.384. The number of benzene rings is 2. The number of nitrogens with zero attached hydrogens (tertiary/aromatic N) is 3. The van der Waals surface area contributed by atoms with Crippen LogP contribution in [0.25, 0.3) is 0 Å². The normalized spacial score (nSPS) is 21.8. The molecule has 0 aromatic heterocycles. The van der Waals surface area contributed by atoms with E-state index in [4.69, 9.17) is 0 Å². The van der Waals surface area contributed by atoms with Gasteiger partial charge in [-0.15, -0.1) is 0 Å². The van der Waals surface area contributed by atoms with E-state index < -0.39 is 22.5 Å². The molecule has 0 unspecified atom stereocenters. The van der Waals surface area contributed by atoms with Gasteiger partial charge in [-0.05, 0) is 38.5 Å². The number of hydrogen-bond donors (Lipinski definition) is 1. The van der Waals surface area contributed by atoms with Crippen LogP contribution < -0.4 is 5.32 Å². The van der Waals surface area contributed by atoms with Crippen molar-refractivity contribution in [3.05, 3.63) is 87.6 Å². The number of nitro benzene ring substituents is 1. The number of carbonyl (C=O) groups is 3. The fourth-order valence-electron chi connectivity index (χ4n) is 4.29. The molecule has 2 heterocycles. The van der Waals surface area contributed by atoms with E-state index in [1.165, 1.54) is 30.3 Å². The summed E-state index contributed by atoms with van der Waals surface area (Å²) in [7, 11) is 0. The zero-order chi connectivity index (χ0) is 23.2. The molecule has 2 aromatic rings. The van der Waals surface area contributed by atoms with Crippen molar-refractivity contribution in [2.75, 3.05) is 0 Å². The minimum Gasteiger partial charge on any atom is -0.338 e. The van der Waals surface area contributed by atoms with Crippen molar-refractivity contribution in [2.45, 2.75) is 38.4 Å². The molecule has 9 heteroatoms. The van der Waals surface area contributed by atoms with Crippen molar-refractivity contribution >= 4 is 23.3 Å². The molecule has 2 aliphatic rings. The number of rotatable bonds is 5. The van der Waals surface area contributed by atoms with Gasteiger partial charge in [-0.1, -0.05) is 30.3 Å². The van der Waals surface area contributed by atoms with Gasteiger partial charge in [-0.2, -0.15) is 5.01 Å². The topological polar surface area (TPSA) is 113 Å². The van der Waals surface area contributed by atoms with Crippen LogP contribution in [0.15, 0.2) is 66.4 Å². The molecule has 1 N–H and O–H groups in total. The average Bonchev–Trinajstić information content (AvgIpc) is 3.26. The van der Waals surface area contributed by atoms with E-state index in [-0.39, 0.29) is 23.3 Å². The summed E-state index contributed by atoms with van der Waals surface area (Å²) in [4.78, 5) is 49.0. The van der Waals surface area contributed by atoms with Crippen LogP contribution in [-0.4, -0.2) is 44.1 Å². The van der Waals surface area contributed by atoms with Gasteiger partial charge in [0.2, 0.25) is 0 Å². The maximum Gasteiger partial charge on any atom is 0.269 e. The van der Waals surface area contributed by atoms with Gasteiger partial charge in [0, 0.05) is 29.5 Å². The Balaban J connectivity index is 1.71. The summed E-state index contributed by atoms with van der Waals surface area (Å²) in [5, 5.41) is 17.0. The molecule has 0 radical (unpaired) electrons. The number of amides is 2. The lowest BCUT2D eigenvalue weighted by atomic mass is 9.89. The van der Waals surface area contributed by atoms with Crippen molar-refractivity contribution in [3.8, 4) is 0 Å². The molecule has 0 bridgehead atoms. The fraction of sp³-hybridized carbons (Fsp3) is 0.261. The average molecular weight is 434 g/mol. The molecule has 32 heavy (non-hydrogen) atoms. The maximum atomic E-state index is 13.3. The summed E-state index contributed by atoms with van der Waals surface area (Å²) in [6.45, 7) is 5.05. The monoisotopic (exact) mass is 434 g/mol. The highest BCUT2D eigenvalue weighted by Crippen LogP contribution is 2.46. The van der Waals surface area contributed by atoms with E-state index in [1.54, 1.807) is 47.5 Å². The van der Waals surface area contributed by atoms with Gasteiger partial charge in [0.25, 0.3) is 17.5 Å². The Labute approximate surface area is 184 Å². The predicted molar refractivity (Wildman–Crippen MR) is 115 cm³/mol. The van der Waals surface area contributed by atoms with Gasteiger partial charge in [-0.25, -0.2) is 5.01 Å². The van der Waals surface area contributed by atoms with E-state index in [2.05, 4.69) is 5.32 Å². The maximum absolute atomic E-state index is 13.3. The van der Waals surface area contributed by atoms with Crippen LogP contribution >= 0.6 is 0 Å². The van der Waals surface area contributed by atoms with Crippen molar-refractivity contribution in [1.82, 2.24) is 15.3 Å². The van der Waals surface area contributed by atoms with Gasteiger partial charge >= 0.3 is 0 Å². The molecular formula is C23H22N4O5. The zero-order valence-electron chi connectivity index (χ0n) is 17.8. The van der Waals surface area contributed by atoms with Crippen LogP contribution in [0.1, 0.15) is 42.7 Å². The number of Topliss-reactive ketones (excluding diaryl/α,β-unsaturated/α-hetero) is 1. The quantitative estimate of drug-likeness (QED) is 0.572. The Bertz CT molecular complexity index is 1140. The number of carbonyl (C=O) groups excluding carboxylic acids is 3. The summed E-state index contributed by atoms with van der Waals surface area (Å²) in [6.07, 6.45) is 1.49. The number of hydrogen-bond acceptors (Lipinski definition) is 6. The second-order valence-corrected chi connectivity index (χ2v) is 8.35. The van der Waals surface area contributed by atoms with E-state index in [9.17, 15) is 24.5 Å². The lowest BCUT2D eigenvalue weighted by Gasteiger charge is -2.38. The van der Waals surface area contributed by atoms with E-state index in [0.717, 1.165) is 0 Å². The second kappa shape index (κ2) is 7.69. The standard InChI is InChI=1S/C23H22N4O5/c1-14(28)18-13-25-22(30)20(24-21(29)16-7-5-4-6-8-16)23(2,3)26(25)19(18)15-9-11-17(12-10-15)27(31)32/h4-13,19-20H,1-3H3,(H,24,29)/t19-,20-/m1/s1. The van der Waals surface area contributed by atoms with E-state index >= 15 is 0 Å². The second-order valence-electron chi connectivity index (χ2n) is 8.35. The van der Waals surface area contributed by atoms with Gasteiger partial charge < -0.3 is 5.32 Å². The number of non-ortho nitro benzene ring substituents is 1. The molecule has 0 saturated carbocycles. The fourth-order valence-corrected chi connectivity index (χ4v) is 4.29. The van der Waals surface area contributed by atoms with Gasteiger partial charge in [0.1, 0.15) is 6.04 Å². The first-order valence-corrected chi connectivity index (χ1v) is 10.1. The Kier molecular flexibility index (Phi) is 5.14. The number of ketones is 1. The molecule has 1 saturated heterocycles. The smallest absolute Gasteiger partial charge is 0.269 e. The Morgan fingerprint density at radius 2 is 1.69 bits per heavy atom. The molecule has 0 aliphatic carbocycles. The molecule has 2 aromatic carbocycles. The van der Waals surface area contributed by atoms with Crippen LogP contribution in [-0.2, 0) is 9.59 Å². The minimum absolute atomic E-state index is 0.0679. The molecule has 0 spiro atoms. The van der Waals surface area contributed by atoms with Crippen molar-refractivity contribution in [1.29, 1.82) is 0 Å². The summed E-state index contributed by atoms with van der Waals surface area (Å²) >= 11 is 0. The van der Waals surface area contributed by atoms with Crippen molar-refractivity contribution in [3.63, 3.8) is 0 Å². The van der Waals surface area contributed by atoms with Crippen molar-refractivity contribution in [2.24, 2.45) is 0 Å². The first-order chi connectivity index (χ1) is 15.1. The van der Waals surface area contributed by atoms with Crippen LogP contribution in [0.2, 0.25) is 0 Å². The highest BCUT2D eigenvalue weighted by Gasteiger charge is 2.58. The molecule has 2 aliphatic heterocycles. The third kappa shape index (κ3) is 3.36. The molecule has 2 atom stereocenters. The van der Waals surface area contributed by atoms with Crippen LogP contribution in [0.5, 0.6) is 0 Å². The highest BCUT2D eigenvalue weighted by atomic mass is 16.6. The SMILES string of the molecule is CC(=O)C1=CN2C(=O)[C@@H](NC(=O)c3ccccc3)C(C)(C)N2[C@@H]1c1ccc([N+](=O)[O-])cc1. The Morgan fingerprint density at radius 3 is 2.25 bits per heavy atom. The Morgan fingerprint density at radius 1 is 1.06 bits per heavy atom. The van der Waals surface area contributed by atoms with Crippen LogP contribution in [0, 0.1) is 10.1 Å². The largest absolute Gasteiger partial charge is 0.338 e. The van der Waals surface area contributed by atoms with Gasteiger partial charge in [0.15, 0.2) is 5.78 Å². The molecule has 2 amide bonds. The summed E-state index contributed by atoms with van der Waals surface area (Å²) in [6, 6.07) is 13.0. The number of fused-ring (bicyclic) bond motifs is 1. The minimum atomic E-state index is -0.887.